The number of morpholine rings is 1. The van der Waals surface area contributed by atoms with Crippen molar-refractivity contribution in [2.24, 2.45) is 0 Å². The first kappa shape index (κ1) is 18.6. The minimum absolute atomic E-state index is 0.317. The van der Waals surface area contributed by atoms with Crippen LogP contribution in [0.15, 0.2) is 34.7 Å². The quantitative estimate of drug-likeness (QED) is 0.708. The number of carbonyl (C=O) groups is 1. The van der Waals surface area contributed by atoms with Gasteiger partial charge < -0.3 is 19.4 Å². The van der Waals surface area contributed by atoms with E-state index in [1.165, 1.54) is 17.4 Å². The van der Waals surface area contributed by atoms with Crippen molar-refractivity contribution in [1.29, 1.82) is 0 Å². The number of thiazole rings is 1. The number of carbonyl (C=O) groups excluding carboxylic acids is 1. The van der Waals surface area contributed by atoms with Gasteiger partial charge in [-0.05, 0) is 44.2 Å². The second-order valence-electron chi connectivity index (χ2n) is 6.56. The zero-order chi connectivity index (χ0) is 19.7. The first-order valence-electron chi connectivity index (χ1n) is 8.99. The Morgan fingerprint density at radius 3 is 2.68 bits per heavy atom. The Hall–Kier alpha value is -2.71. The van der Waals surface area contributed by atoms with Crippen LogP contribution in [0.3, 0.4) is 0 Å². The van der Waals surface area contributed by atoms with Gasteiger partial charge in [-0.25, -0.2) is 9.37 Å². The average Bonchev–Trinajstić information content (AvgIpc) is 3.28. The first-order valence-corrected chi connectivity index (χ1v) is 9.81. The van der Waals surface area contributed by atoms with Gasteiger partial charge in [-0.2, -0.15) is 0 Å². The maximum absolute atomic E-state index is 14.5. The highest BCUT2D eigenvalue weighted by Crippen LogP contribution is 2.30. The molecule has 1 aliphatic heterocycles. The number of ether oxygens (including phenoxy) is 1. The third-order valence-electron chi connectivity index (χ3n) is 4.51. The van der Waals surface area contributed by atoms with E-state index in [1.807, 2.05) is 24.0 Å². The molecular formula is C20H20FN3O3S. The van der Waals surface area contributed by atoms with Gasteiger partial charge in [0.05, 0.1) is 24.6 Å². The van der Waals surface area contributed by atoms with Crippen molar-refractivity contribution in [1.82, 2.24) is 4.98 Å². The van der Waals surface area contributed by atoms with E-state index in [9.17, 15) is 9.18 Å². The second kappa shape index (κ2) is 7.73. The van der Waals surface area contributed by atoms with Crippen LogP contribution in [0, 0.1) is 19.7 Å². The monoisotopic (exact) mass is 401 g/mol. The van der Waals surface area contributed by atoms with E-state index in [0.717, 1.165) is 5.76 Å². The highest BCUT2D eigenvalue weighted by atomic mass is 32.1. The van der Waals surface area contributed by atoms with E-state index in [1.54, 1.807) is 19.1 Å². The Bertz CT molecular complexity index is 1010. The van der Waals surface area contributed by atoms with E-state index < -0.39 is 0 Å². The SMILES string of the molecule is Cc1ccc(-c2nc(C)c(C(=O)Nc3ccc(N4CCOCC4)c(F)c3)s2)o1. The van der Waals surface area contributed by atoms with E-state index in [2.05, 4.69) is 10.3 Å². The number of hydrogen-bond donors (Lipinski definition) is 1. The highest BCUT2D eigenvalue weighted by molar-refractivity contribution is 7.17. The van der Waals surface area contributed by atoms with Gasteiger partial charge in [-0.1, -0.05) is 0 Å². The molecule has 8 heteroatoms. The fourth-order valence-electron chi connectivity index (χ4n) is 3.10. The van der Waals surface area contributed by atoms with Crippen LogP contribution in [0.5, 0.6) is 0 Å². The van der Waals surface area contributed by atoms with Gasteiger partial charge in [-0.3, -0.25) is 4.79 Å². The van der Waals surface area contributed by atoms with Gasteiger partial charge in [0.1, 0.15) is 16.5 Å². The molecule has 0 radical (unpaired) electrons. The van der Waals surface area contributed by atoms with Crippen molar-refractivity contribution in [2.75, 3.05) is 36.5 Å². The maximum atomic E-state index is 14.5. The fourth-order valence-corrected chi connectivity index (χ4v) is 4.02. The molecule has 146 valence electrons. The van der Waals surface area contributed by atoms with Crippen LogP contribution in [-0.2, 0) is 4.74 Å². The predicted molar refractivity (Wildman–Crippen MR) is 107 cm³/mol. The number of halogens is 1. The molecule has 3 heterocycles. The molecular weight excluding hydrogens is 381 g/mol. The van der Waals surface area contributed by atoms with Crippen LogP contribution in [0.1, 0.15) is 21.1 Å². The summed E-state index contributed by atoms with van der Waals surface area (Å²) in [6.45, 7) is 6.09. The number of nitrogens with one attached hydrogen (secondary N) is 1. The van der Waals surface area contributed by atoms with Crippen LogP contribution in [0.4, 0.5) is 15.8 Å². The molecule has 0 spiro atoms. The minimum Gasteiger partial charge on any atom is -0.459 e. The van der Waals surface area contributed by atoms with E-state index in [0.29, 0.717) is 59.0 Å². The lowest BCUT2D eigenvalue weighted by molar-refractivity contribution is 0.103. The molecule has 0 aliphatic carbocycles. The summed E-state index contributed by atoms with van der Waals surface area (Å²) < 4.78 is 25.4. The van der Waals surface area contributed by atoms with Crippen molar-refractivity contribution < 1.29 is 18.3 Å². The van der Waals surface area contributed by atoms with Crippen LogP contribution in [-0.4, -0.2) is 37.2 Å². The Morgan fingerprint density at radius 2 is 2.00 bits per heavy atom. The summed E-state index contributed by atoms with van der Waals surface area (Å²) in [6, 6.07) is 8.42. The number of nitrogens with zero attached hydrogens (tertiary/aromatic N) is 2. The number of amides is 1. The summed E-state index contributed by atoms with van der Waals surface area (Å²) in [5.41, 5.74) is 1.53. The fraction of sp³-hybridized carbons (Fsp3) is 0.300. The molecule has 28 heavy (non-hydrogen) atoms. The molecule has 2 aromatic heterocycles. The van der Waals surface area contributed by atoms with Gasteiger partial charge in [-0.15, -0.1) is 11.3 Å². The van der Waals surface area contributed by atoms with E-state index in [-0.39, 0.29) is 11.7 Å². The number of anilines is 2. The number of aromatic nitrogens is 1. The Labute approximate surface area is 165 Å². The lowest BCUT2D eigenvalue weighted by atomic mass is 10.2. The molecule has 1 saturated heterocycles. The van der Waals surface area contributed by atoms with Crippen molar-refractivity contribution >= 4 is 28.6 Å². The lowest BCUT2D eigenvalue weighted by Gasteiger charge is -2.29. The summed E-state index contributed by atoms with van der Waals surface area (Å²) in [4.78, 5) is 19.5. The van der Waals surface area contributed by atoms with Crippen molar-refractivity contribution in [3.63, 3.8) is 0 Å². The number of rotatable bonds is 4. The van der Waals surface area contributed by atoms with Crippen molar-refractivity contribution in [3.8, 4) is 10.8 Å². The number of furan rings is 1. The first-order chi connectivity index (χ1) is 13.5. The number of hydrogen-bond acceptors (Lipinski definition) is 6. The Kier molecular flexibility index (Phi) is 5.15. The van der Waals surface area contributed by atoms with Gasteiger partial charge >= 0.3 is 0 Å². The molecule has 1 amide bonds. The Balaban J connectivity index is 1.50. The summed E-state index contributed by atoms with van der Waals surface area (Å²) in [7, 11) is 0. The van der Waals surface area contributed by atoms with Gasteiger partial charge in [0, 0.05) is 18.8 Å². The third-order valence-corrected chi connectivity index (χ3v) is 5.68. The number of aryl methyl sites for hydroxylation is 2. The van der Waals surface area contributed by atoms with Crippen molar-refractivity contribution in [3.05, 3.63) is 52.5 Å². The Morgan fingerprint density at radius 1 is 1.21 bits per heavy atom. The maximum Gasteiger partial charge on any atom is 0.267 e. The topological polar surface area (TPSA) is 67.6 Å². The summed E-state index contributed by atoms with van der Waals surface area (Å²) in [5.74, 6) is 0.728. The lowest BCUT2D eigenvalue weighted by Crippen LogP contribution is -2.36. The second-order valence-corrected chi connectivity index (χ2v) is 7.56. The smallest absolute Gasteiger partial charge is 0.267 e. The summed E-state index contributed by atoms with van der Waals surface area (Å²) >= 11 is 1.25. The molecule has 3 aromatic rings. The molecule has 0 bridgehead atoms. The zero-order valence-electron chi connectivity index (χ0n) is 15.6. The molecule has 1 aromatic carbocycles. The van der Waals surface area contributed by atoms with E-state index >= 15 is 0 Å². The summed E-state index contributed by atoms with van der Waals surface area (Å²) in [6.07, 6.45) is 0. The average molecular weight is 401 g/mol. The van der Waals surface area contributed by atoms with Crippen LogP contribution >= 0.6 is 11.3 Å². The molecule has 0 unspecified atom stereocenters. The minimum atomic E-state index is -0.368. The normalized spacial score (nSPS) is 14.3. The summed E-state index contributed by atoms with van der Waals surface area (Å²) in [5, 5.41) is 3.40. The molecule has 6 nitrogen and oxygen atoms in total. The van der Waals surface area contributed by atoms with E-state index in [4.69, 9.17) is 9.15 Å². The third kappa shape index (κ3) is 3.79. The van der Waals surface area contributed by atoms with Gasteiger partial charge in [0.2, 0.25) is 0 Å². The highest BCUT2D eigenvalue weighted by Gasteiger charge is 2.19. The zero-order valence-corrected chi connectivity index (χ0v) is 16.4. The van der Waals surface area contributed by atoms with Crippen molar-refractivity contribution in [2.45, 2.75) is 13.8 Å². The standard InChI is InChI=1S/C20H20FN3O3S/c1-12-3-6-17(27-12)20-22-13(2)18(28-20)19(25)23-14-4-5-16(15(21)11-14)24-7-9-26-10-8-24/h3-6,11H,7-10H2,1-2H3,(H,23,25). The molecule has 1 N–H and O–H groups in total. The van der Waals surface area contributed by atoms with Gasteiger partial charge in [0.15, 0.2) is 10.8 Å². The predicted octanol–water partition coefficient (Wildman–Crippen LogP) is 4.25. The molecule has 1 fully saturated rings. The largest absolute Gasteiger partial charge is 0.459 e. The molecule has 4 rings (SSSR count). The molecule has 0 atom stereocenters. The van der Waals surface area contributed by atoms with Crippen LogP contribution in [0.2, 0.25) is 0 Å². The van der Waals surface area contributed by atoms with Gasteiger partial charge in [0.25, 0.3) is 5.91 Å². The van der Waals surface area contributed by atoms with Crippen LogP contribution in [0.25, 0.3) is 10.8 Å². The van der Waals surface area contributed by atoms with Crippen LogP contribution < -0.4 is 10.2 Å². The molecule has 1 aliphatic rings. The molecule has 0 saturated carbocycles. The number of benzene rings is 1.